The largest absolute Gasteiger partial charge is 0.312 e. The van der Waals surface area contributed by atoms with Gasteiger partial charge in [-0.25, -0.2) is 4.98 Å². The highest BCUT2D eigenvalue weighted by molar-refractivity contribution is 14.1. The maximum absolute atomic E-state index is 11.4. The van der Waals surface area contributed by atoms with E-state index in [0.717, 1.165) is 9.92 Å². The molecule has 17 heavy (non-hydrogen) atoms. The predicted molar refractivity (Wildman–Crippen MR) is 77.6 cm³/mol. The van der Waals surface area contributed by atoms with Gasteiger partial charge in [0.15, 0.2) is 0 Å². The Labute approximate surface area is 117 Å². The van der Waals surface area contributed by atoms with Crippen LogP contribution in [0.3, 0.4) is 0 Å². The third-order valence-electron chi connectivity index (χ3n) is 2.46. The number of aromatic nitrogens is 2. The number of nitrogens with zero attached hydrogens (tertiary/aromatic N) is 1. The third kappa shape index (κ3) is 2.90. The fraction of sp³-hybridized carbons (Fsp3) is 0.167. The van der Waals surface area contributed by atoms with E-state index in [4.69, 9.17) is 0 Å². The van der Waals surface area contributed by atoms with Crippen molar-refractivity contribution in [2.75, 3.05) is 0 Å². The summed E-state index contributed by atoms with van der Waals surface area (Å²) >= 11 is 3.53. The summed E-state index contributed by atoms with van der Waals surface area (Å²) in [5, 5.41) is 0.748. The van der Waals surface area contributed by atoms with Crippen molar-refractivity contribution in [3.8, 4) is 0 Å². The summed E-state index contributed by atoms with van der Waals surface area (Å²) < 4.78 is 0.633. The molecule has 0 saturated heterocycles. The molecule has 0 fully saturated rings. The molecule has 2 aromatic rings. The Morgan fingerprint density at radius 3 is 2.76 bits per heavy atom. The van der Waals surface area contributed by atoms with Crippen LogP contribution in [0.5, 0.6) is 0 Å². The van der Waals surface area contributed by atoms with Crippen LogP contribution >= 0.6 is 34.4 Å². The normalized spacial score (nSPS) is 10.5. The summed E-state index contributed by atoms with van der Waals surface area (Å²) in [5.41, 5.74) is 2.42. The lowest BCUT2D eigenvalue weighted by Crippen LogP contribution is -2.10. The van der Waals surface area contributed by atoms with E-state index in [2.05, 4.69) is 35.9 Å². The van der Waals surface area contributed by atoms with E-state index in [9.17, 15) is 4.79 Å². The second kappa shape index (κ2) is 5.22. The standard InChI is InChI=1S/C12H11IN2OS/c1-7-3-4-9(5-8(7)2)17-12-10(13)11(16)14-6-15-12/h3-6H,1-2H3,(H,14,15,16). The summed E-state index contributed by atoms with van der Waals surface area (Å²) in [5.74, 6) is 0. The van der Waals surface area contributed by atoms with Crippen LogP contribution < -0.4 is 5.56 Å². The molecule has 1 heterocycles. The van der Waals surface area contributed by atoms with Crippen LogP contribution in [0.2, 0.25) is 0 Å². The Bertz CT molecular complexity index is 610. The third-order valence-corrected chi connectivity index (χ3v) is 4.82. The number of benzene rings is 1. The lowest BCUT2D eigenvalue weighted by atomic mass is 10.1. The Kier molecular flexibility index (Phi) is 3.88. The fourth-order valence-corrected chi connectivity index (χ4v) is 2.83. The van der Waals surface area contributed by atoms with Crippen LogP contribution in [0, 0.1) is 17.4 Å². The minimum Gasteiger partial charge on any atom is -0.312 e. The summed E-state index contributed by atoms with van der Waals surface area (Å²) in [7, 11) is 0. The van der Waals surface area contributed by atoms with E-state index in [1.54, 1.807) is 0 Å². The molecule has 0 spiro atoms. The fourth-order valence-electron chi connectivity index (χ4n) is 1.33. The lowest BCUT2D eigenvalue weighted by Gasteiger charge is -2.05. The van der Waals surface area contributed by atoms with Crippen LogP contribution in [0.4, 0.5) is 0 Å². The zero-order valence-electron chi connectivity index (χ0n) is 9.45. The van der Waals surface area contributed by atoms with Gasteiger partial charge < -0.3 is 4.98 Å². The van der Waals surface area contributed by atoms with Crippen molar-refractivity contribution in [2.45, 2.75) is 23.8 Å². The molecule has 5 heteroatoms. The molecule has 0 saturated carbocycles. The van der Waals surface area contributed by atoms with E-state index < -0.39 is 0 Å². The number of hydrogen-bond acceptors (Lipinski definition) is 3. The molecule has 0 aliphatic rings. The number of halogens is 1. The molecule has 0 unspecified atom stereocenters. The first-order chi connectivity index (χ1) is 8.08. The van der Waals surface area contributed by atoms with Crippen molar-refractivity contribution in [2.24, 2.45) is 0 Å². The average Bonchev–Trinajstić information content (AvgIpc) is 2.30. The molecule has 1 N–H and O–H groups in total. The van der Waals surface area contributed by atoms with Gasteiger partial charge in [-0.05, 0) is 59.7 Å². The minimum absolute atomic E-state index is 0.0908. The van der Waals surface area contributed by atoms with Crippen molar-refractivity contribution in [1.29, 1.82) is 0 Å². The van der Waals surface area contributed by atoms with Crippen molar-refractivity contribution >= 4 is 34.4 Å². The highest BCUT2D eigenvalue weighted by Crippen LogP contribution is 2.29. The molecule has 3 nitrogen and oxygen atoms in total. The summed E-state index contributed by atoms with van der Waals surface area (Å²) in [6.45, 7) is 4.16. The monoisotopic (exact) mass is 358 g/mol. The molecular weight excluding hydrogens is 347 g/mol. The van der Waals surface area contributed by atoms with Gasteiger partial charge in [0, 0.05) is 4.90 Å². The van der Waals surface area contributed by atoms with Gasteiger partial charge in [0.05, 0.1) is 6.33 Å². The van der Waals surface area contributed by atoms with Gasteiger partial charge in [0.2, 0.25) is 0 Å². The molecule has 1 aromatic heterocycles. The Balaban J connectivity index is 2.35. The summed E-state index contributed by atoms with van der Waals surface area (Å²) in [6, 6.07) is 6.24. The summed E-state index contributed by atoms with van der Waals surface area (Å²) in [4.78, 5) is 19.3. The van der Waals surface area contributed by atoms with Gasteiger partial charge in [0.25, 0.3) is 5.56 Å². The first kappa shape index (κ1) is 12.6. The van der Waals surface area contributed by atoms with Gasteiger partial charge >= 0.3 is 0 Å². The number of H-pyrrole nitrogens is 1. The van der Waals surface area contributed by atoms with Crippen LogP contribution in [-0.4, -0.2) is 9.97 Å². The van der Waals surface area contributed by atoms with E-state index in [0.29, 0.717) is 3.57 Å². The van der Waals surface area contributed by atoms with Crippen molar-refractivity contribution in [1.82, 2.24) is 9.97 Å². The number of hydrogen-bond donors (Lipinski definition) is 1. The van der Waals surface area contributed by atoms with Crippen LogP contribution in [-0.2, 0) is 0 Å². The minimum atomic E-state index is -0.0908. The van der Waals surface area contributed by atoms with Crippen LogP contribution in [0.1, 0.15) is 11.1 Å². The molecule has 0 radical (unpaired) electrons. The highest BCUT2D eigenvalue weighted by atomic mass is 127. The van der Waals surface area contributed by atoms with Gasteiger partial charge in [-0.15, -0.1) is 0 Å². The first-order valence-electron chi connectivity index (χ1n) is 5.06. The highest BCUT2D eigenvalue weighted by Gasteiger charge is 2.07. The average molecular weight is 358 g/mol. The Morgan fingerprint density at radius 2 is 2.06 bits per heavy atom. The zero-order chi connectivity index (χ0) is 12.4. The Hall–Kier alpha value is -0.820. The molecule has 0 amide bonds. The molecule has 2 rings (SSSR count). The van der Waals surface area contributed by atoms with Crippen LogP contribution in [0.25, 0.3) is 0 Å². The van der Waals surface area contributed by atoms with Crippen LogP contribution in [0.15, 0.2) is 39.2 Å². The Morgan fingerprint density at radius 1 is 1.29 bits per heavy atom. The van der Waals surface area contributed by atoms with Gasteiger partial charge in [-0.3, -0.25) is 4.79 Å². The van der Waals surface area contributed by atoms with Crippen molar-refractivity contribution < 1.29 is 0 Å². The quantitative estimate of drug-likeness (QED) is 0.663. The van der Waals surface area contributed by atoms with Crippen molar-refractivity contribution in [3.63, 3.8) is 0 Å². The predicted octanol–water partition coefficient (Wildman–Crippen LogP) is 3.14. The molecular formula is C12H11IN2OS. The lowest BCUT2D eigenvalue weighted by molar-refractivity contribution is 0.987. The summed E-state index contributed by atoms with van der Waals surface area (Å²) in [6.07, 6.45) is 1.44. The van der Waals surface area contributed by atoms with E-state index in [1.807, 2.05) is 28.7 Å². The topological polar surface area (TPSA) is 45.8 Å². The van der Waals surface area contributed by atoms with Gasteiger partial charge in [-0.1, -0.05) is 17.8 Å². The molecule has 88 valence electrons. The van der Waals surface area contributed by atoms with Gasteiger partial charge in [-0.2, -0.15) is 0 Å². The number of aryl methyl sites for hydroxylation is 2. The number of rotatable bonds is 2. The molecule has 0 aliphatic heterocycles. The number of nitrogens with one attached hydrogen (secondary N) is 1. The molecule has 0 bridgehead atoms. The van der Waals surface area contributed by atoms with Crippen molar-refractivity contribution in [3.05, 3.63) is 49.6 Å². The molecule has 1 aromatic carbocycles. The SMILES string of the molecule is Cc1ccc(Sc2nc[nH]c(=O)c2I)cc1C. The maximum Gasteiger partial charge on any atom is 0.265 e. The van der Waals surface area contributed by atoms with E-state index >= 15 is 0 Å². The van der Waals surface area contributed by atoms with E-state index in [1.165, 1.54) is 29.2 Å². The second-order valence-corrected chi connectivity index (χ2v) is 5.84. The zero-order valence-corrected chi connectivity index (χ0v) is 12.4. The van der Waals surface area contributed by atoms with Gasteiger partial charge in [0.1, 0.15) is 8.60 Å². The molecule has 0 atom stereocenters. The first-order valence-corrected chi connectivity index (χ1v) is 6.96. The van der Waals surface area contributed by atoms with E-state index in [-0.39, 0.29) is 5.56 Å². The second-order valence-electron chi connectivity index (χ2n) is 3.70. The number of aromatic amines is 1. The smallest absolute Gasteiger partial charge is 0.265 e. The maximum atomic E-state index is 11.4. The molecule has 0 aliphatic carbocycles.